The SMILES string of the molecule is O=c1c2ccc(Cl)cc2oc2c(OCC(O)CN3CCN(CC=Cc4ccccc4)CC3)cccc12. The molecule has 1 aromatic heterocycles. The molecule has 7 heteroatoms. The second-order valence-corrected chi connectivity index (χ2v) is 9.52. The molecule has 0 bridgehead atoms. The van der Waals surface area contributed by atoms with Gasteiger partial charge in [0.1, 0.15) is 18.3 Å². The first-order valence-corrected chi connectivity index (χ1v) is 12.6. The number of ether oxygens (including phenoxy) is 1. The summed E-state index contributed by atoms with van der Waals surface area (Å²) in [7, 11) is 0. The molecule has 1 atom stereocenters. The van der Waals surface area contributed by atoms with Crippen molar-refractivity contribution in [2.24, 2.45) is 0 Å². The Labute approximate surface area is 215 Å². The highest BCUT2D eigenvalue weighted by Gasteiger charge is 2.19. The first-order valence-electron chi connectivity index (χ1n) is 12.2. The Kier molecular flexibility index (Phi) is 7.68. The zero-order chi connectivity index (χ0) is 24.9. The molecule has 0 saturated carbocycles. The van der Waals surface area contributed by atoms with Gasteiger partial charge in [-0.25, -0.2) is 0 Å². The van der Waals surface area contributed by atoms with Gasteiger partial charge in [-0.2, -0.15) is 0 Å². The molecular weight excluding hydrogens is 476 g/mol. The summed E-state index contributed by atoms with van der Waals surface area (Å²) in [5.74, 6) is 0.431. The second-order valence-electron chi connectivity index (χ2n) is 9.08. The molecule has 1 aliphatic rings. The van der Waals surface area contributed by atoms with E-state index in [0.717, 1.165) is 32.7 Å². The van der Waals surface area contributed by atoms with Crippen LogP contribution in [0.2, 0.25) is 5.02 Å². The van der Waals surface area contributed by atoms with Gasteiger partial charge < -0.3 is 14.3 Å². The number of piperazine rings is 1. The van der Waals surface area contributed by atoms with E-state index in [2.05, 4.69) is 34.1 Å². The Hall–Kier alpha value is -3.16. The number of hydrogen-bond acceptors (Lipinski definition) is 6. The number of aliphatic hydroxyl groups excluding tert-OH is 1. The predicted octanol–water partition coefficient (Wildman–Crippen LogP) is 4.67. The third kappa shape index (κ3) is 5.79. The number of β-amino-alcohol motifs (C(OH)–C–C–N with tert-alkyl or cyclic N) is 1. The topological polar surface area (TPSA) is 66.2 Å². The van der Waals surface area contributed by atoms with Gasteiger partial charge >= 0.3 is 0 Å². The molecule has 1 saturated heterocycles. The highest BCUT2D eigenvalue weighted by molar-refractivity contribution is 6.31. The van der Waals surface area contributed by atoms with Crippen molar-refractivity contribution in [3.8, 4) is 5.75 Å². The Morgan fingerprint density at radius 1 is 0.972 bits per heavy atom. The van der Waals surface area contributed by atoms with Crippen LogP contribution in [-0.4, -0.2) is 66.9 Å². The summed E-state index contributed by atoms with van der Waals surface area (Å²) in [5.41, 5.74) is 1.85. The first-order chi connectivity index (χ1) is 17.6. The number of rotatable bonds is 8. The van der Waals surface area contributed by atoms with Crippen molar-refractivity contribution in [2.75, 3.05) is 45.9 Å². The third-order valence-corrected chi connectivity index (χ3v) is 6.70. The van der Waals surface area contributed by atoms with Gasteiger partial charge in [0.15, 0.2) is 11.3 Å². The summed E-state index contributed by atoms with van der Waals surface area (Å²) in [5, 5.41) is 12.0. The standard InChI is InChI=1S/C29H29ClN2O4/c30-22-11-12-24-27(18-22)36-29-25(28(24)34)9-4-10-26(29)35-20-23(33)19-32-16-14-31(15-17-32)13-5-8-21-6-2-1-3-7-21/h1-12,18,23,33H,13-17,19-20H2. The highest BCUT2D eigenvalue weighted by atomic mass is 35.5. The van der Waals surface area contributed by atoms with Crippen LogP contribution in [0, 0.1) is 0 Å². The van der Waals surface area contributed by atoms with Crippen molar-refractivity contribution in [1.29, 1.82) is 0 Å². The van der Waals surface area contributed by atoms with Crippen LogP contribution in [0.3, 0.4) is 0 Å². The Morgan fingerprint density at radius 2 is 1.75 bits per heavy atom. The smallest absolute Gasteiger partial charge is 0.200 e. The van der Waals surface area contributed by atoms with Gasteiger partial charge in [0.2, 0.25) is 5.43 Å². The van der Waals surface area contributed by atoms with Crippen LogP contribution in [0.25, 0.3) is 28.0 Å². The van der Waals surface area contributed by atoms with Crippen molar-refractivity contribution in [2.45, 2.75) is 6.10 Å². The number of halogens is 1. The molecule has 2 heterocycles. The van der Waals surface area contributed by atoms with Gasteiger partial charge in [-0.05, 0) is 29.8 Å². The van der Waals surface area contributed by atoms with E-state index in [1.807, 2.05) is 18.2 Å². The number of benzene rings is 3. The number of hydrogen-bond donors (Lipinski definition) is 1. The average Bonchev–Trinajstić information content (AvgIpc) is 2.89. The number of aliphatic hydroxyl groups is 1. The van der Waals surface area contributed by atoms with E-state index in [1.165, 1.54) is 5.56 Å². The van der Waals surface area contributed by atoms with E-state index in [1.54, 1.807) is 36.4 Å². The summed E-state index contributed by atoms with van der Waals surface area (Å²) in [4.78, 5) is 17.6. The van der Waals surface area contributed by atoms with Crippen LogP contribution in [0.1, 0.15) is 5.56 Å². The van der Waals surface area contributed by atoms with Gasteiger partial charge in [-0.3, -0.25) is 14.6 Å². The van der Waals surface area contributed by atoms with Crippen molar-refractivity contribution >= 4 is 39.6 Å². The van der Waals surface area contributed by atoms with E-state index < -0.39 is 6.10 Å². The van der Waals surface area contributed by atoms with E-state index >= 15 is 0 Å². The summed E-state index contributed by atoms with van der Waals surface area (Å²) < 4.78 is 11.9. The molecule has 1 aliphatic heterocycles. The lowest BCUT2D eigenvalue weighted by Gasteiger charge is -2.35. The van der Waals surface area contributed by atoms with Crippen molar-refractivity contribution in [1.82, 2.24) is 9.80 Å². The summed E-state index contributed by atoms with van der Waals surface area (Å²) in [6.07, 6.45) is 3.69. The molecule has 36 heavy (non-hydrogen) atoms. The number of para-hydroxylation sites is 1. The maximum absolute atomic E-state index is 12.9. The molecule has 1 unspecified atom stereocenters. The molecule has 0 amide bonds. The Balaban J connectivity index is 1.14. The fraction of sp³-hybridized carbons (Fsp3) is 0.276. The zero-order valence-electron chi connectivity index (χ0n) is 20.0. The number of fused-ring (bicyclic) bond motifs is 2. The highest BCUT2D eigenvalue weighted by Crippen LogP contribution is 2.28. The molecule has 0 spiro atoms. The lowest BCUT2D eigenvalue weighted by molar-refractivity contribution is 0.0483. The summed E-state index contributed by atoms with van der Waals surface area (Å²) in [6.45, 7) is 5.25. The summed E-state index contributed by atoms with van der Waals surface area (Å²) in [6, 6.07) is 20.5. The fourth-order valence-electron chi connectivity index (χ4n) is 4.53. The molecular formula is C29H29ClN2O4. The minimum Gasteiger partial charge on any atom is -0.487 e. The van der Waals surface area contributed by atoms with Crippen LogP contribution >= 0.6 is 11.6 Å². The van der Waals surface area contributed by atoms with Crippen LogP contribution in [0.15, 0.2) is 82.0 Å². The largest absolute Gasteiger partial charge is 0.487 e. The van der Waals surface area contributed by atoms with Gasteiger partial charge in [0, 0.05) is 50.4 Å². The molecule has 0 radical (unpaired) electrons. The maximum Gasteiger partial charge on any atom is 0.200 e. The molecule has 1 fully saturated rings. The van der Waals surface area contributed by atoms with Crippen LogP contribution in [0.4, 0.5) is 0 Å². The van der Waals surface area contributed by atoms with Crippen LogP contribution in [-0.2, 0) is 0 Å². The lowest BCUT2D eigenvalue weighted by Crippen LogP contribution is -2.49. The van der Waals surface area contributed by atoms with Gasteiger partial charge in [-0.15, -0.1) is 0 Å². The molecule has 1 N–H and O–H groups in total. The van der Waals surface area contributed by atoms with Crippen molar-refractivity contribution in [3.05, 3.63) is 93.6 Å². The molecule has 186 valence electrons. The minimum absolute atomic E-state index is 0.108. The zero-order valence-corrected chi connectivity index (χ0v) is 20.7. The maximum atomic E-state index is 12.9. The Morgan fingerprint density at radius 3 is 2.56 bits per heavy atom. The van der Waals surface area contributed by atoms with E-state index in [0.29, 0.717) is 39.3 Å². The van der Waals surface area contributed by atoms with E-state index in [4.69, 9.17) is 20.8 Å². The molecule has 6 nitrogen and oxygen atoms in total. The predicted molar refractivity (Wildman–Crippen MR) is 145 cm³/mol. The minimum atomic E-state index is -0.661. The molecule has 5 rings (SSSR count). The monoisotopic (exact) mass is 504 g/mol. The quantitative estimate of drug-likeness (QED) is 0.352. The lowest BCUT2D eigenvalue weighted by atomic mass is 10.1. The summed E-state index contributed by atoms with van der Waals surface area (Å²) >= 11 is 6.08. The normalized spacial score (nSPS) is 16.2. The van der Waals surface area contributed by atoms with Gasteiger partial charge in [0.25, 0.3) is 0 Å². The molecule has 4 aromatic rings. The Bertz CT molecular complexity index is 1410. The van der Waals surface area contributed by atoms with Crippen molar-refractivity contribution < 1.29 is 14.3 Å². The molecule has 3 aromatic carbocycles. The van der Waals surface area contributed by atoms with Crippen LogP contribution < -0.4 is 10.2 Å². The van der Waals surface area contributed by atoms with E-state index in [9.17, 15) is 9.90 Å². The van der Waals surface area contributed by atoms with E-state index in [-0.39, 0.29) is 12.0 Å². The average molecular weight is 505 g/mol. The van der Waals surface area contributed by atoms with Crippen LogP contribution in [0.5, 0.6) is 5.75 Å². The van der Waals surface area contributed by atoms with Gasteiger partial charge in [0.05, 0.1) is 10.8 Å². The first kappa shape index (κ1) is 24.5. The fourth-order valence-corrected chi connectivity index (χ4v) is 4.69. The number of nitrogens with zero attached hydrogens (tertiary/aromatic N) is 2. The van der Waals surface area contributed by atoms with Gasteiger partial charge in [-0.1, -0.05) is 60.2 Å². The molecule has 0 aliphatic carbocycles. The third-order valence-electron chi connectivity index (χ3n) is 6.46. The second kappa shape index (κ2) is 11.3. The van der Waals surface area contributed by atoms with Crippen molar-refractivity contribution in [3.63, 3.8) is 0 Å².